The van der Waals surface area contributed by atoms with Crippen LogP contribution in [0.25, 0.3) is 5.65 Å². The molecule has 1 atom stereocenters. The molecule has 5 rings (SSSR count). The molecular weight excluding hydrogens is 348 g/mol. The smallest absolute Gasteiger partial charge is 0.231 e. The molecule has 2 aliphatic heterocycles. The van der Waals surface area contributed by atoms with E-state index in [9.17, 15) is 4.79 Å². The number of aromatic nitrogens is 4. The maximum Gasteiger partial charge on any atom is 0.231 e. The zero-order chi connectivity index (χ0) is 18.2. The molecule has 9 nitrogen and oxygen atoms in total. The highest BCUT2D eigenvalue weighted by molar-refractivity contribution is 5.79. The Morgan fingerprint density at radius 1 is 1.22 bits per heavy atom. The molecule has 0 aliphatic carbocycles. The van der Waals surface area contributed by atoms with Crippen LogP contribution < -0.4 is 19.7 Å². The molecule has 1 N–H and O–H groups in total. The number of hydrogen-bond acceptors (Lipinski definition) is 7. The van der Waals surface area contributed by atoms with Crippen molar-refractivity contribution in [2.24, 2.45) is 0 Å². The molecule has 9 heteroatoms. The van der Waals surface area contributed by atoms with E-state index in [4.69, 9.17) is 9.47 Å². The van der Waals surface area contributed by atoms with Crippen LogP contribution in [0.1, 0.15) is 12.0 Å². The monoisotopic (exact) mass is 366 g/mol. The molecule has 3 aromatic rings. The van der Waals surface area contributed by atoms with Crippen LogP contribution in [0.2, 0.25) is 0 Å². The molecule has 4 heterocycles. The number of rotatable bonds is 4. The van der Waals surface area contributed by atoms with Crippen LogP contribution in [0, 0.1) is 0 Å². The predicted octanol–water partition coefficient (Wildman–Crippen LogP) is 0.791. The van der Waals surface area contributed by atoms with E-state index in [0.717, 1.165) is 36.6 Å². The van der Waals surface area contributed by atoms with E-state index in [1.807, 2.05) is 30.3 Å². The van der Waals surface area contributed by atoms with Gasteiger partial charge in [-0.2, -0.15) is 4.52 Å². The van der Waals surface area contributed by atoms with E-state index < -0.39 is 0 Å². The van der Waals surface area contributed by atoms with Gasteiger partial charge >= 0.3 is 0 Å². The number of carbonyl (C=O) groups excluding carboxylic acids is 1. The highest BCUT2D eigenvalue weighted by Gasteiger charge is 2.25. The van der Waals surface area contributed by atoms with Crippen LogP contribution in [0.4, 0.5) is 5.82 Å². The molecule has 0 saturated carbocycles. The molecule has 27 heavy (non-hydrogen) atoms. The standard InChI is InChI=1S/C18H18N6O3/c25-18(8-12-1-2-14-15(7-12)27-11-26-14)20-13-5-6-23(9-13)17-4-3-16-21-19-10-24(16)22-17/h1-4,7,10,13H,5-6,8-9,11H2,(H,20,25). The fraction of sp³-hybridized carbons (Fsp3) is 0.333. The Bertz CT molecular complexity index is 1000. The first-order chi connectivity index (χ1) is 13.2. The van der Waals surface area contributed by atoms with Crippen molar-refractivity contribution in [2.45, 2.75) is 18.9 Å². The number of nitrogens with zero attached hydrogens (tertiary/aromatic N) is 5. The molecule has 2 aliphatic rings. The van der Waals surface area contributed by atoms with Gasteiger partial charge in [0.15, 0.2) is 17.1 Å². The van der Waals surface area contributed by atoms with Gasteiger partial charge in [0.2, 0.25) is 12.7 Å². The second-order valence-electron chi connectivity index (χ2n) is 6.69. The Kier molecular flexibility index (Phi) is 3.77. The van der Waals surface area contributed by atoms with Crippen LogP contribution >= 0.6 is 0 Å². The van der Waals surface area contributed by atoms with Gasteiger partial charge < -0.3 is 19.7 Å². The van der Waals surface area contributed by atoms with Crippen molar-refractivity contribution in [3.63, 3.8) is 0 Å². The van der Waals surface area contributed by atoms with Gasteiger partial charge in [-0.1, -0.05) is 6.07 Å². The summed E-state index contributed by atoms with van der Waals surface area (Å²) in [7, 11) is 0. The van der Waals surface area contributed by atoms with Gasteiger partial charge in [0.25, 0.3) is 0 Å². The topological polar surface area (TPSA) is 93.9 Å². The van der Waals surface area contributed by atoms with E-state index in [1.54, 1.807) is 10.8 Å². The molecule has 2 aromatic heterocycles. The lowest BCUT2D eigenvalue weighted by Crippen LogP contribution is -2.38. The van der Waals surface area contributed by atoms with Gasteiger partial charge in [-0.3, -0.25) is 4.79 Å². The van der Waals surface area contributed by atoms with Crippen LogP contribution in [0.3, 0.4) is 0 Å². The largest absolute Gasteiger partial charge is 0.454 e. The van der Waals surface area contributed by atoms with Gasteiger partial charge in [0.05, 0.1) is 6.42 Å². The molecule has 1 unspecified atom stereocenters. The Balaban J connectivity index is 1.20. The molecule has 1 amide bonds. The molecule has 1 fully saturated rings. The maximum absolute atomic E-state index is 12.4. The summed E-state index contributed by atoms with van der Waals surface area (Å²) < 4.78 is 12.3. The normalized spacial score (nSPS) is 18.2. The molecular formula is C18H18N6O3. The van der Waals surface area contributed by atoms with Crippen molar-refractivity contribution in [1.82, 2.24) is 25.1 Å². The molecule has 1 aromatic carbocycles. The fourth-order valence-corrected chi connectivity index (χ4v) is 3.49. The summed E-state index contributed by atoms with van der Waals surface area (Å²) in [6, 6.07) is 9.52. The number of benzene rings is 1. The summed E-state index contributed by atoms with van der Waals surface area (Å²) in [6.07, 6.45) is 2.78. The molecule has 0 radical (unpaired) electrons. The third-order valence-corrected chi connectivity index (χ3v) is 4.83. The lowest BCUT2D eigenvalue weighted by atomic mass is 10.1. The minimum Gasteiger partial charge on any atom is -0.454 e. The van der Waals surface area contributed by atoms with Crippen molar-refractivity contribution >= 4 is 17.4 Å². The van der Waals surface area contributed by atoms with E-state index >= 15 is 0 Å². The second kappa shape index (κ2) is 6.42. The quantitative estimate of drug-likeness (QED) is 0.730. The predicted molar refractivity (Wildman–Crippen MR) is 95.8 cm³/mol. The summed E-state index contributed by atoms with van der Waals surface area (Å²) in [5, 5.41) is 15.4. The summed E-state index contributed by atoms with van der Waals surface area (Å²) in [6.45, 7) is 1.81. The van der Waals surface area contributed by atoms with Crippen LogP contribution in [0.15, 0.2) is 36.7 Å². The summed E-state index contributed by atoms with van der Waals surface area (Å²) in [5.41, 5.74) is 1.62. The highest BCUT2D eigenvalue weighted by Crippen LogP contribution is 2.32. The SMILES string of the molecule is O=C(Cc1ccc2c(c1)OCO2)NC1CCN(c2ccc3nncn3n2)C1. The Hall–Kier alpha value is -3.36. The fourth-order valence-electron chi connectivity index (χ4n) is 3.49. The third-order valence-electron chi connectivity index (χ3n) is 4.83. The van der Waals surface area contributed by atoms with Gasteiger partial charge in [-0.15, -0.1) is 15.3 Å². The van der Waals surface area contributed by atoms with Crippen molar-refractivity contribution in [3.05, 3.63) is 42.2 Å². The van der Waals surface area contributed by atoms with Gasteiger partial charge in [0.1, 0.15) is 12.1 Å². The van der Waals surface area contributed by atoms with E-state index in [1.165, 1.54) is 0 Å². The van der Waals surface area contributed by atoms with Gasteiger partial charge in [0, 0.05) is 19.1 Å². The van der Waals surface area contributed by atoms with Crippen LogP contribution in [0.5, 0.6) is 11.5 Å². The zero-order valence-corrected chi connectivity index (χ0v) is 14.5. The first-order valence-electron chi connectivity index (χ1n) is 8.84. The molecule has 0 bridgehead atoms. The van der Waals surface area contributed by atoms with Gasteiger partial charge in [-0.05, 0) is 36.2 Å². The lowest BCUT2D eigenvalue weighted by molar-refractivity contribution is -0.121. The van der Waals surface area contributed by atoms with Crippen molar-refractivity contribution in [2.75, 3.05) is 24.8 Å². The molecule has 1 saturated heterocycles. The number of amides is 1. The summed E-state index contributed by atoms with van der Waals surface area (Å²) in [5.74, 6) is 2.28. The molecule has 0 spiro atoms. The number of ether oxygens (including phenoxy) is 2. The average Bonchev–Trinajstić information content (AvgIpc) is 3.40. The first kappa shape index (κ1) is 15.9. The van der Waals surface area contributed by atoms with E-state index in [-0.39, 0.29) is 18.7 Å². The number of carbonyl (C=O) groups is 1. The minimum atomic E-state index is 0.00272. The van der Waals surface area contributed by atoms with E-state index in [2.05, 4.69) is 25.5 Å². The highest BCUT2D eigenvalue weighted by atomic mass is 16.7. The average molecular weight is 366 g/mol. The third kappa shape index (κ3) is 3.12. The number of anilines is 1. The van der Waals surface area contributed by atoms with E-state index in [0.29, 0.717) is 17.8 Å². The Morgan fingerprint density at radius 2 is 2.15 bits per heavy atom. The van der Waals surface area contributed by atoms with Crippen molar-refractivity contribution < 1.29 is 14.3 Å². The number of fused-ring (bicyclic) bond motifs is 2. The Labute approximate surface area is 154 Å². The number of nitrogens with one attached hydrogen (secondary N) is 1. The molecule has 138 valence electrons. The van der Waals surface area contributed by atoms with Crippen molar-refractivity contribution in [1.29, 1.82) is 0 Å². The summed E-state index contributed by atoms with van der Waals surface area (Å²) >= 11 is 0. The van der Waals surface area contributed by atoms with Crippen LogP contribution in [-0.4, -0.2) is 51.6 Å². The maximum atomic E-state index is 12.4. The van der Waals surface area contributed by atoms with Gasteiger partial charge in [-0.25, -0.2) is 0 Å². The second-order valence-corrected chi connectivity index (χ2v) is 6.69. The minimum absolute atomic E-state index is 0.00272. The lowest BCUT2D eigenvalue weighted by Gasteiger charge is -2.17. The van der Waals surface area contributed by atoms with Crippen molar-refractivity contribution in [3.8, 4) is 11.5 Å². The van der Waals surface area contributed by atoms with Crippen LogP contribution in [-0.2, 0) is 11.2 Å². The summed E-state index contributed by atoms with van der Waals surface area (Å²) in [4.78, 5) is 14.6. The number of hydrogen-bond donors (Lipinski definition) is 1. The Morgan fingerprint density at radius 3 is 3.11 bits per heavy atom. The zero-order valence-electron chi connectivity index (χ0n) is 14.5. The first-order valence-corrected chi connectivity index (χ1v) is 8.84.